The Morgan fingerprint density at radius 1 is 1.00 bits per heavy atom. The molecule has 0 saturated carbocycles. The lowest BCUT2D eigenvalue weighted by Crippen LogP contribution is -2.17. The lowest BCUT2D eigenvalue weighted by molar-refractivity contribution is 0.148. The summed E-state index contributed by atoms with van der Waals surface area (Å²) in [4.78, 5) is 11.4. The van der Waals surface area contributed by atoms with Gasteiger partial charge in [-0.25, -0.2) is 9.97 Å². The van der Waals surface area contributed by atoms with Gasteiger partial charge in [0, 0.05) is 30.5 Å². The van der Waals surface area contributed by atoms with Crippen molar-refractivity contribution in [3.63, 3.8) is 0 Å². The van der Waals surface area contributed by atoms with Crippen molar-refractivity contribution < 1.29 is 4.74 Å². The Balaban J connectivity index is 1.67. The van der Waals surface area contributed by atoms with Gasteiger partial charge in [-0.15, -0.1) is 0 Å². The van der Waals surface area contributed by atoms with Crippen LogP contribution in [0.1, 0.15) is 11.1 Å². The van der Waals surface area contributed by atoms with Crippen molar-refractivity contribution in [1.29, 1.82) is 0 Å². The van der Waals surface area contributed by atoms with E-state index in [9.17, 15) is 0 Å². The van der Waals surface area contributed by atoms with Gasteiger partial charge in [0.2, 0.25) is 5.95 Å². The summed E-state index contributed by atoms with van der Waals surface area (Å²) < 4.78 is 5.77. The monoisotopic (exact) mass is 372 g/mol. The predicted octanol–water partition coefficient (Wildman–Crippen LogP) is 4.41. The number of benzene rings is 2. The molecule has 1 aliphatic heterocycles. The summed E-state index contributed by atoms with van der Waals surface area (Å²) in [5.74, 6) is 0.585. The van der Waals surface area contributed by atoms with E-state index in [4.69, 9.17) is 9.72 Å². The van der Waals surface area contributed by atoms with Gasteiger partial charge in [0.25, 0.3) is 0 Å². The van der Waals surface area contributed by atoms with Crippen molar-refractivity contribution in [3.8, 4) is 11.3 Å². The van der Waals surface area contributed by atoms with Gasteiger partial charge in [0.1, 0.15) is 0 Å². The quantitative estimate of drug-likeness (QED) is 0.593. The first-order valence-corrected chi connectivity index (χ1v) is 9.46. The lowest BCUT2D eigenvalue weighted by atomic mass is 10.1. The van der Waals surface area contributed by atoms with Gasteiger partial charge in [-0.1, -0.05) is 42.5 Å². The van der Waals surface area contributed by atoms with Gasteiger partial charge < -0.3 is 10.1 Å². The van der Waals surface area contributed by atoms with Crippen molar-refractivity contribution in [2.45, 2.75) is 13.2 Å². The fraction of sp³-hybridized carbons (Fsp3) is 0.217. The second-order valence-electron chi connectivity index (χ2n) is 6.97. The van der Waals surface area contributed by atoms with Gasteiger partial charge in [0.15, 0.2) is 0 Å². The molecule has 1 aliphatic rings. The van der Waals surface area contributed by atoms with Gasteiger partial charge in [0.05, 0.1) is 18.9 Å². The smallest absolute Gasteiger partial charge is 0.227 e. The molecule has 5 nitrogen and oxygen atoms in total. The molecule has 0 fully saturated rings. The van der Waals surface area contributed by atoms with Crippen molar-refractivity contribution in [2.75, 3.05) is 25.5 Å². The first-order chi connectivity index (χ1) is 13.8. The first-order valence-electron chi connectivity index (χ1n) is 9.46. The highest BCUT2D eigenvalue weighted by atomic mass is 16.5. The van der Waals surface area contributed by atoms with Crippen LogP contribution in [0.3, 0.4) is 0 Å². The Morgan fingerprint density at radius 2 is 1.89 bits per heavy atom. The van der Waals surface area contributed by atoms with E-state index in [-0.39, 0.29) is 0 Å². The van der Waals surface area contributed by atoms with Crippen LogP contribution >= 0.6 is 0 Å². The third-order valence-electron chi connectivity index (χ3n) is 4.58. The largest absolute Gasteiger partial charge is 0.373 e. The summed E-state index contributed by atoms with van der Waals surface area (Å²) in [6.07, 6.45) is 6.03. The second kappa shape index (κ2) is 8.78. The number of ether oxygens (including phenoxy) is 1. The molecule has 0 saturated heterocycles. The Labute approximate surface area is 165 Å². The highest BCUT2D eigenvalue weighted by Crippen LogP contribution is 2.22. The number of aromatic nitrogens is 2. The van der Waals surface area contributed by atoms with Gasteiger partial charge in [-0.3, -0.25) is 4.90 Å². The number of anilines is 2. The average Bonchev–Trinajstić information content (AvgIpc) is 2.71. The molecule has 5 heteroatoms. The fourth-order valence-corrected chi connectivity index (χ4v) is 3.22. The summed E-state index contributed by atoms with van der Waals surface area (Å²) in [6.45, 7) is 2.93. The molecule has 2 aromatic carbocycles. The Hall–Kier alpha value is -3.02. The van der Waals surface area contributed by atoms with Crippen LogP contribution in [0.25, 0.3) is 11.3 Å². The minimum Gasteiger partial charge on any atom is -0.373 e. The van der Waals surface area contributed by atoms with E-state index in [2.05, 4.69) is 70.8 Å². The SMILES string of the molecule is CN1CC=CCOCc2cccc(c2)Nc2nccc(n2)-c2cccc(c2)C1. The molecular weight excluding hydrogens is 348 g/mol. The zero-order valence-corrected chi connectivity index (χ0v) is 16.0. The van der Waals surface area contributed by atoms with Crippen LogP contribution < -0.4 is 5.32 Å². The number of likely N-dealkylation sites (N-methyl/N-ethyl adjacent to an activating group) is 1. The average molecular weight is 372 g/mol. The molecule has 28 heavy (non-hydrogen) atoms. The maximum atomic E-state index is 5.77. The van der Waals surface area contributed by atoms with E-state index in [0.717, 1.165) is 35.6 Å². The van der Waals surface area contributed by atoms with Crippen molar-refractivity contribution in [1.82, 2.24) is 14.9 Å². The first kappa shape index (κ1) is 18.3. The number of fused-ring (bicyclic) bond motifs is 7. The molecule has 0 aliphatic carbocycles. The molecular formula is C23H24N4O. The Kier molecular flexibility index (Phi) is 5.75. The van der Waals surface area contributed by atoms with E-state index < -0.39 is 0 Å². The van der Waals surface area contributed by atoms with Gasteiger partial charge in [-0.05, 0) is 42.4 Å². The third-order valence-corrected chi connectivity index (χ3v) is 4.58. The molecule has 0 unspecified atom stereocenters. The zero-order valence-electron chi connectivity index (χ0n) is 16.0. The van der Waals surface area contributed by atoms with E-state index in [0.29, 0.717) is 19.2 Å². The second-order valence-corrected chi connectivity index (χ2v) is 6.97. The van der Waals surface area contributed by atoms with Crippen LogP contribution in [0, 0.1) is 0 Å². The van der Waals surface area contributed by atoms with E-state index >= 15 is 0 Å². The molecule has 6 bridgehead atoms. The van der Waals surface area contributed by atoms with Crippen molar-refractivity contribution >= 4 is 11.6 Å². The molecule has 1 aromatic heterocycles. The maximum absolute atomic E-state index is 5.77. The van der Waals surface area contributed by atoms with Crippen molar-refractivity contribution in [3.05, 3.63) is 84.1 Å². The zero-order chi connectivity index (χ0) is 19.2. The molecule has 0 amide bonds. The fourth-order valence-electron chi connectivity index (χ4n) is 3.22. The third kappa shape index (κ3) is 4.82. The van der Waals surface area contributed by atoms with Crippen LogP contribution in [0.4, 0.5) is 11.6 Å². The van der Waals surface area contributed by atoms with Gasteiger partial charge in [-0.2, -0.15) is 0 Å². The van der Waals surface area contributed by atoms with Crippen LogP contribution in [-0.4, -0.2) is 35.1 Å². The van der Waals surface area contributed by atoms with Crippen LogP contribution in [0.2, 0.25) is 0 Å². The Bertz CT molecular complexity index is 970. The van der Waals surface area contributed by atoms with E-state index in [1.165, 1.54) is 5.56 Å². The van der Waals surface area contributed by atoms with Crippen molar-refractivity contribution in [2.24, 2.45) is 0 Å². The van der Waals surface area contributed by atoms with Crippen LogP contribution in [0.5, 0.6) is 0 Å². The standard InChI is InChI=1S/C23H24N4O/c1-27-12-2-3-13-28-17-19-7-5-9-21(15-19)25-23-24-11-10-22(26-23)20-8-4-6-18(14-20)16-27/h2-11,14-15H,12-13,16-17H2,1H3,(H,24,25,26). The van der Waals surface area contributed by atoms with Crippen LogP contribution in [0.15, 0.2) is 72.9 Å². The molecule has 0 radical (unpaired) electrons. The summed E-state index contributed by atoms with van der Waals surface area (Å²) >= 11 is 0. The normalized spacial score (nSPS) is 15.3. The summed E-state index contributed by atoms with van der Waals surface area (Å²) in [7, 11) is 2.12. The Morgan fingerprint density at radius 3 is 2.86 bits per heavy atom. The highest BCUT2D eigenvalue weighted by molar-refractivity contribution is 5.63. The molecule has 1 N–H and O–H groups in total. The van der Waals surface area contributed by atoms with Crippen LogP contribution in [-0.2, 0) is 17.9 Å². The summed E-state index contributed by atoms with van der Waals surface area (Å²) in [6, 6.07) is 18.6. The van der Waals surface area contributed by atoms with E-state index in [1.807, 2.05) is 18.2 Å². The number of rotatable bonds is 0. The topological polar surface area (TPSA) is 50.3 Å². The molecule has 4 rings (SSSR count). The van der Waals surface area contributed by atoms with Gasteiger partial charge >= 0.3 is 0 Å². The number of nitrogens with zero attached hydrogens (tertiary/aromatic N) is 3. The molecule has 0 spiro atoms. The molecule has 2 heterocycles. The minimum absolute atomic E-state index is 0.571. The molecule has 142 valence electrons. The number of nitrogens with one attached hydrogen (secondary N) is 1. The number of hydrogen-bond acceptors (Lipinski definition) is 5. The minimum atomic E-state index is 0.571. The molecule has 0 atom stereocenters. The predicted molar refractivity (Wildman–Crippen MR) is 112 cm³/mol. The molecule has 3 aromatic rings. The van der Waals surface area contributed by atoms with E-state index in [1.54, 1.807) is 6.20 Å². The number of hydrogen-bond donors (Lipinski definition) is 1. The summed E-state index contributed by atoms with van der Waals surface area (Å²) in [5, 5.41) is 3.30. The highest BCUT2D eigenvalue weighted by Gasteiger charge is 2.06. The maximum Gasteiger partial charge on any atom is 0.227 e. The summed E-state index contributed by atoms with van der Waals surface area (Å²) in [5.41, 5.74) is 5.31. The lowest BCUT2D eigenvalue weighted by Gasteiger charge is -2.15.